The Kier molecular flexibility index (Phi) is 2.78. The largest absolute Gasteiger partial charge is 0.398 e. The van der Waals surface area contributed by atoms with Crippen LogP contribution in [0.4, 0.5) is 11.4 Å². The molecule has 1 aromatic heterocycles. The number of nitrogen functional groups attached to an aromatic ring is 1. The topological polar surface area (TPSA) is 42.2 Å². The van der Waals surface area contributed by atoms with Crippen molar-refractivity contribution in [1.29, 1.82) is 0 Å². The van der Waals surface area contributed by atoms with Crippen LogP contribution in [0.1, 0.15) is 11.1 Å². The average molecular weight is 265 g/mol. The van der Waals surface area contributed by atoms with Gasteiger partial charge in [-0.1, -0.05) is 0 Å². The Balaban J connectivity index is 2.36. The van der Waals surface area contributed by atoms with Crippen LogP contribution in [0.25, 0.3) is 21.8 Å². The number of benzene rings is 2. The zero-order valence-corrected chi connectivity index (χ0v) is 12.4. The van der Waals surface area contributed by atoms with E-state index in [1.54, 1.807) is 0 Å². The highest BCUT2D eigenvalue weighted by molar-refractivity contribution is 5.96. The van der Waals surface area contributed by atoms with E-state index in [2.05, 4.69) is 50.2 Å². The summed E-state index contributed by atoms with van der Waals surface area (Å²) in [7, 11) is 4.10. The van der Waals surface area contributed by atoms with Crippen LogP contribution >= 0.6 is 0 Å². The van der Waals surface area contributed by atoms with Gasteiger partial charge in [0.05, 0.1) is 11.0 Å². The van der Waals surface area contributed by atoms with Crippen LogP contribution in [0.15, 0.2) is 30.3 Å². The number of hydrogen-bond acceptors (Lipinski definition) is 3. The smallest absolute Gasteiger partial charge is 0.0730 e. The van der Waals surface area contributed by atoms with Gasteiger partial charge in [-0.05, 0) is 55.3 Å². The van der Waals surface area contributed by atoms with Crippen LogP contribution in [0.5, 0.6) is 0 Å². The first kappa shape index (κ1) is 12.7. The molecule has 0 saturated carbocycles. The fourth-order valence-corrected chi connectivity index (χ4v) is 2.65. The standard InChI is InChI=1S/C17H19N3/c1-10-5-12-7-13-6-11(2)17(20(3)4)9-16(13)19-15(12)8-14(10)18/h5-9H,18H2,1-4H3. The third-order valence-electron chi connectivity index (χ3n) is 3.79. The van der Waals surface area contributed by atoms with E-state index in [4.69, 9.17) is 10.7 Å². The molecule has 0 unspecified atom stereocenters. The van der Waals surface area contributed by atoms with Gasteiger partial charge in [0, 0.05) is 36.2 Å². The summed E-state index contributed by atoms with van der Waals surface area (Å²) in [6, 6.07) is 10.6. The maximum Gasteiger partial charge on any atom is 0.0730 e. The molecule has 0 aliphatic heterocycles. The molecule has 0 spiro atoms. The Morgan fingerprint density at radius 2 is 1.45 bits per heavy atom. The summed E-state index contributed by atoms with van der Waals surface area (Å²) in [5.41, 5.74) is 12.3. The third kappa shape index (κ3) is 1.95. The van der Waals surface area contributed by atoms with Crippen molar-refractivity contribution in [1.82, 2.24) is 4.98 Å². The lowest BCUT2D eigenvalue weighted by atomic mass is 10.0. The predicted molar refractivity (Wildman–Crippen MR) is 87.5 cm³/mol. The van der Waals surface area contributed by atoms with E-state index >= 15 is 0 Å². The SMILES string of the molecule is Cc1cc2cc3cc(C)c(N(C)C)cc3nc2cc1N. The molecule has 3 aromatic rings. The van der Waals surface area contributed by atoms with Crippen molar-refractivity contribution in [3.05, 3.63) is 41.5 Å². The van der Waals surface area contributed by atoms with E-state index in [1.165, 1.54) is 16.6 Å². The minimum absolute atomic E-state index is 0.796. The molecule has 3 rings (SSSR count). The van der Waals surface area contributed by atoms with Crippen molar-refractivity contribution < 1.29 is 0 Å². The Morgan fingerprint density at radius 3 is 2.10 bits per heavy atom. The summed E-state index contributed by atoms with van der Waals surface area (Å²) in [5, 5.41) is 2.31. The zero-order chi connectivity index (χ0) is 14.4. The second kappa shape index (κ2) is 4.37. The van der Waals surface area contributed by atoms with Crippen LogP contribution in [0, 0.1) is 13.8 Å². The van der Waals surface area contributed by atoms with Crippen LogP contribution in [0.3, 0.4) is 0 Å². The highest BCUT2D eigenvalue weighted by Crippen LogP contribution is 2.28. The van der Waals surface area contributed by atoms with E-state index in [9.17, 15) is 0 Å². The normalized spacial score (nSPS) is 11.2. The molecule has 0 aliphatic carbocycles. The highest BCUT2D eigenvalue weighted by Gasteiger charge is 2.07. The second-order valence-electron chi connectivity index (χ2n) is 5.62. The zero-order valence-electron chi connectivity index (χ0n) is 12.4. The first-order valence-corrected chi connectivity index (χ1v) is 6.74. The summed E-state index contributed by atoms with van der Waals surface area (Å²) in [5.74, 6) is 0. The quantitative estimate of drug-likeness (QED) is 0.539. The first-order chi connectivity index (χ1) is 9.45. The molecule has 0 fully saturated rings. The van der Waals surface area contributed by atoms with Crippen LogP contribution in [0.2, 0.25) is 0 Å². The number of hydrogen-bond donors (Lipinski definition) is 1. The van der Waals surface area contributed by atoms with E-state index in [0.717, 1.165) is 27.7 Å². The van der Waals surface area contributed by atoms with Crippen molar-refractivity contribution >= 4 is 33.2 Å². The lowest BCUT2D eigenvalue weighted by molar-refractivity contribution is 1.12. The summed E-state index contributed by atoms with van der Waals surface area (Å²) < 4.78 is 0. The molecule has 0 bridgehead atoms. The molecule has 2 N–H and O–H groups in total. The van der Waals surface area contributed by atoms with Gasteiger partial charge in [-0.2, -0.15) is 0 Å². The van der Waals surface area contributed by atoms with E-state index < -0.39 is 0 Å². The number of pyridine rings is 1. The lowest BCUT2D eigenvalue weighted by Gasteiger charge is -2.16. The van der Waals surface area contributed by atoms with Gasteiger partial charge in [-0.25, -0.2) is 4.98 Å². The van der Waals surface area contributed by atoms with Gasteiger partial charge in [-0.3, -0.25) is 0 Å². The molecule has 0 atom stereocenters. The van der Waals surface area contributed by atoms with Crippen LogP contribution in [-0.4, -0.2) is 19.1 Å². The molecule has 20 heavy (non-hydrogen) atoms. The van der Waals surface area contributed by atoms with Gasteiger partial charge in [0.25, 0.3) is 0 Å². The Labute approximate surface area is 119 Å². The molecule has 0 aliphatic rings. The molecule has 102 valence electrons. The lowest BCUT2D eigenvalue weighted by Crippen LogP contribution is -2.10. The second-order valence-corrected chi connectivity index (χ2v) is 5.62. The monoisotopic (exact) mass is 265 g/mol. The Bertz CT molecular complexity index is 819. The Hall–Kier alpha value is -2.29. The van der Waals surface area contributed by atoms with Crippen molar-refractivity contribution in [2.75, 3.05) is 24.7 Å². The highest BCUT2D eigenvalue weighted by atomic mass is 15.1. The molecule has 1 heterocycles. The number of nitrogens with two attached hydrogens (primary N) is 1. The summed E-state index contributed by atoms with van der Waals surface area (Å²) in [4.78, 5) is 6.87. The maximum atomic E-state index is 5.98. The summed E-state index contributed by atoms with van der Waals surface area (Å²) >= 11 is 0. The molecular weight excluding hydrogens is 246 g/mol. The summed E-state index contributed by atoms with van der Waals surface area (Å²) in [6.45, 7) is 4.16. The van der Waals surface area contributed by atoms with Crippen molar-refractivity contribution in [2.24, 2.45) is 0 Å². The minimum atomic E-state index is 0.796. The fraction of sp³-hybridized carbons (Fsp3) is 0.235. The van der Waals surface area contributed by atoms with E-state index in [0.29, 0.717) is 0 Å². The number of aromatic nitrogens is 1. The molecule has 0 saturated heterocycles. The molecule has 2 aromatic carbocycles. The van der Waals surface area contributed by atoms with Gasteiger partial charge >= 0.3 is 0 Å². The van der Waals surface area contributed by atoms with Crippen LogP contribution in [-0.2, 0) is 0 Å². The van der Waals surface area contributed by atoms with Crippen LogP contribution < -0.4 is 10.6 Å². The number of rotatable bonds is 1. The molecule has 0 amide bonds. The van der Waals surface area contributed by atoms with E-state index in [-0.39, 0.29) is 0 Å². The summed E-state index contributed by atoms with van der Waals surface area (Å²) in [6.07, 6.45) is 0. The third-order valence-corrected chi connectivity index (χ3v) is 3.79. The van der Waals surface area contributed by atoms with Crippen molar-refractivity contribution in [3.8, 4) is 0 Å². The number of anilines is 2. The van der Waals surface area contributed by atoms with Gasteiger partial charge in [0.2, 0.25) is 0 Å². The van der Waals surface area contributed by atoms with Crippen molar-refractivity contribution in [3.63, 3.8) is 0 Å². The first-order valence-electron chi connectivity index (χ1n) is 6.74. The minimum Gasteiger partial charge on any atom is -0.398 e. The molecule has 0 radical (unpaired) electrons. The molecule has 3 nitrogen and oxygen atoms in total. The molecule has 3 heteroatoms. The van der Waals surface area contributed by atoms with Gasteiger partial charge in [0.1, 0.15) is 0 Å². The van der Waals surface area contributed by atoms with Gasteiger partial charge in [0.15, 0.2) is 0 Å². The number of fused-ring (bicyclic) bond motifs is 2. The van der Waals surface area contributed by atoms with Crippen molar-refractivity contribution in [2.45, 2.75) is 13.8 Å². The average Bonchev–Trinajstić information content (AvgIpc) is 2.37. The van der Waals surface area contributed by atoms with Gasteiger partial charge < -0.3 is 10.6 Å². The molecular formula is C17H19N3. The van der Waals surface area contributed by atoms with E-state index in [1.807, 2.05) is 13.0 Å². The number of aryl methyl sites for hydroxylation is 2. The fourth-order valence-electron chi connectivity index (χ4n) is 2.65. The predicted octanol–water partition coefficient (Wildman–Crippen LogP) is 3.65. The number of nitrogens with zero attached hydrogens (tertiary/aromatic N) is 2. The maximum absolute atomic E-state index is 5.98. The Morgan fingerprint density at radius 1 is 0.850 bits per heavy atom. The van der Waals surface area contributed by atoms with Gasteiger partial charge in [-0.15, -0.1) is 0 Å².